The maximum Gasteiger partial charge on any atom is 0.311 e. The van der Waals surface area contributed by atoms with Crippen molar-refractivity contribution in [1.29, 1.82) is 0 Å². The highest BCUT2D eigenvalue weighted by Gasteiger charge is 2.36. The highest BCUT2D eigenvalue weighted by atomic mass is 16.5. The van der Waals surface area contributed by atoms with Crippen LogP contribution in [0.1, 0.15) is 67.2 Å². The van der Waals surface area contributed by atoms with Gasteiger partial charge in [0.25, 0.3) is 0 Å². The van der Waals surface area contributed by atoms with Crippen molar-refractivity contribution in [3.05, 3.63) is 0 Å². The molecule has 0 aromatic heterocycles. The van der Waals surface area contributed by atoms with Crippen LogP contribution in [0.5, 0.6) is 0 Å². The average Bonchev–Trinajstić information content (AvgIpc) is 2.78. The lowest BCUT2D eigenvalue weighted by molar-refractivity contribution is -0.870. The van der Waals surface area contributed by atoms with E-state index in [1.54, 1.807) is 27.7 Å². The van der Waals surface area contributed by atoms with Gasteiger partial charge in [0.15, 0.2) is 0 Å². The van der Waals surface area contributed by atoms with Crippen LogP contribution in [-0.2, 0) is 28.7 Å². The van der Waals surface area contributed by atoms with Crippen LogP contribution in [-0.4, -0.2) is 108 Å². The van der Waals surface area contributed by atoms with Gasteiger partial charge in [-0.3, -0.25) is 19.2 Å². The van der Waals surface area contributed by atoms with E-state index >= 15 is 0 Å². The van der Waals surface area contributed by atoms with Gasteiger partial charge in [0.2, 0.25) is 11.8 Å². The molecule has 228 valence electrons. The number of carbonyl (C=O) groups is 4. The number of hydrogen-bond donors (Lipinski definition) is 2. The number of esters is 2. The van der Waals surface area contributed by atoms with E-state index < -0.39 is 22.7 Å². The van der Waals surface area contributed by atoms with E-state index in [-0.39, 0.29) is 30.4 Å². The van der Waals surface area contributed by atoms with Gasteiger partial charge in [0.05, 0.1) is 59.8 Å². The lowest BCUT2D eigenvalue weighted by Gasteiger charge is -2.29. The first-order valence-corrected chi connectivity index (χ1v) is 14.2. The Kier molecular flexibility index (Phi) is 14.7. The Morgan fingerprint density at radius 1 is 0.641 bits per heavy atom. The Labute approximate surface area is 237 Å². The van der Waals surface area contributed by atoms with E-state index in [0.29, 0.717) is 61.0 Å². The summed E-state index contributed by atoms with van der Waals surface area (Å²) >= 11 is 0. The van der Waals surface area contributed by atoms with Gasteiger partial charge in [0, 0.05) is 11.8 Å². The summed E-state index contributed by atoms with van der Waals surface area (Å²) in [5.74, 6) is -1.88. The van der Waals surface area contributed by atoms with Crippen molar-refractivity contribution < 1.29 is 37.6 Å². The molecule has 39 heavy (non-hydrogen) atoms. The Morgan fingerprint density at radius 2 is 0.949 bits per heavy atom. The molecule has 0 aliphatic carbocycles. The summed E-state index contributed by atoms with van der Waals surface area (Å²) in [6, 6.07) is 0. The average molecular weight is 559 g/mol. The number of ether oxygens (including phenoxy) is 2. The summed E-state index contributed by atoms with van der Waals surface area (Å²) in [5.41, 5.74) is -1.63. The molecule has 0 saturated heterocycles. The van der Waals surface area contributed by atoms with Crippen LogP contribution < -0.4 is 10.6 Å². The number of quaternary nitrogens is 2. The normalized spacial score (nSPS) is 14.3. The fourth-order valence-corrected chi connectivity index (χ4v) is 3.97. The minimum atomic E-state index is -0.814. The van der Waals surface area contributed by atoms with Gasteiger partial charge in [-0.25, -0.2) is 0 Å². The van der Waals surface area contributed by atoms with Gasteiger partial charge >= 0.3 is 11.9 Å². The number of likely N-dealkylation sites (N-methyl/N-ethyl adjacent to an activating group) is 2. The van der Waals surface area contributed by atoms with E-state index in [9.17, 15) is 19.2 Å². The lowest BCUT2D eigenvalue weighted by atomic mass is 9.81. The fraction of sp³-hybridized carbons (Fsp3) is 0.862. The molecule has 0 radical (unpaired) electrons. The zero-order chi connectivity index (χ0) is 30.7. The second-order valence-corrected chi connectivity index (χ2v) is 13.9. The second kappa shape index (κ2) is 15.6. The summed E-state index contributed by atoms with van der Waals surface area (Å²) in [6.07, 6.45) is 1.79. The Bertz CT molecular complexity index is 746. The van der Waals surface area contributed by atoms with Crippen molar-refractivity contribution >= 4 is 23.8 Å². The quantitative estimate of drug-likeness (QED) is 0.152. The van der Waals surface area contributed by atoms with Gasteiger partial charge in [-0.2, -0.15) is 0 Å². The van der Waals surface area contributed by atoms with Crippen LogP contribution in [0.15, 0.2) is 0 Å². The first-order valence-electron chi connectivity index (χ1n) is 14.2. The number of nitrogens with one attached hydrogen (secondary N) is 2. The third-order valence-corrected chi connectivity index (χ3v) is 6.86. The van der Waals surface area contributed by atoms with Gasteiger partial charge in [-0.05, 0) is 53.4 Å². The molecule has 10 heteroatoms. The lowest BCUT2D eigenvalue weighted by Crippen LogP contribution is -2.44. The van der Waals surface area contributed by atoms with Crippen molar-refractivity contribution in [1.82, 2.24) is 10.6 Å². The van der Waals surface area contributed by atoms with Crippen molar-refractivity contribution in [2.24, 2.45) is 22.7 Å². The Hall–Kier alpha value is -2.20. The van der Waals surface area contributed by atoms with Crippen LogP contribution in [0, 0.1) is 22.7 Å². The molecule has 2 unspecified atom stereocenters. The predicted octanol–water partition coefficient (Wildman–Crippen LogP) is 2.56. The maximum absolute atomic E-state index is 12.9. The molecule has 0 fully saturated rings. The Balaban J connectivity index is 4.83. The summed E-state index contributed by atoms with van der Waals surface area (Å²) in [6.45, 7) is 13.0. The number of hydrogen-bond acceptors (Lipinski definition) is 6. The molecule has 0 bridgehead atoms. The van der Waals surface area contributed by atoms with Crippen molar-refractivity contribution in [3.63, 3.8) is 0 Å². The third-order valence-electron chi connectivity index (χ3n) is 6.86. The number of rotatable bonds is 18. The molecule has 2 atom stereocenters. The second-order valence-electron chi connectivity index (χ2n) is 13.9. The first kappa shape index (κ1) is 36.8. The molecule has 0 aromatic rings. The van der Waals surface area contributed by atoms with E-state index in [4.69, 9.17) is 9.47 Å². The SMILES string of the molecule is CCC(CC(C)(C)C(=O)OCC[N+](C)(C)C)C(=O)NCNC(=O)C(CC)CC(C)(C)C(=O)OCC[N+](C)(C)C. The van der Waals surface area contributed by atoms with Gasteiger partial charge in [0.1, 0.15) is 26.3 Å². The maximum atomic E-state index is 12.9. The molecule has 0 aliphatic heterocycles. The number of amides is 2. The highest BCUT2D eigenvalue weighted by molar-refractivity contribution is 5.83. The molecule has 0 aromatic carbocycles. The van der Waals surface area contributed by atoms with E-state index in [1.807, 2.05) is 56.1 Å². The minimum Gasteiger partial charge on any atom is -0.459 e. The molecule has 0 aliphatic rings. The summed E-state index contributed by atoms with van der Waals surface area (Å²) in [5, 5.41) is 5.55. The Morgan fingerprint density at radius 3 is 1.21 bits per heavy atom. The zero-order valence-corrected chi connectivity index (χ0v) is 26.9. The van der Waals surface area contributed by atoms with Crippen LogP contribution in [0.3, 0.4) is 0 Å². The van der Waals surface area contributed by atoms with E-state index in [1.165, 1.54) is 0 Å². The highest BCUT2D eigenvalue weighted by Crippen LogP contribution is 2.30. The third kappa shape index (κ3) is 15.2. The molecule has 0 saturated carbocycles. The molecular formula is C29H58N4O6+2. The van der Waals surface area contributed by atoms with Crippen LogP contribution in [0.25, 0.3) is 0 Å². The molecule has 2 N–H and O–H groups in total. The number of nitrogens with zero attached hydrogens (tertiary/aromatic N) is 2. The van der Waals surface area contributed by atoms with E-state index in [0.717, 1.165) is 0 Å². The first-order chi connectivity index (χ1) is 17.6. The van der Waals surface area contributed by atoms with Crippen LogP contribution >= 0.6 is 0 Å². The summed E-state index contributed by atoms with van der Waals surface area (Å²) < 4.78 is 12.3. The standard InChI is InChI=1S/C29H56N4O6/c1-13-22(19-28(3,4)26(36)38-17-15-32(7,8)9)24(34)30-21-31-25(35)23(14-2)20-29(5,6)27(37)39-18-16-33(10,11)12/h22-23H,13-21H2,1-12H3/p+2. The zero-order valence-electron chi connectivity index (χ0n) is 26.9. The van der Waals surface area contributed by atoms with Crippen LogP contribution in [0.2, 0.25) is 0 Å². The smallest absolute Gasteiger partial charge is 0.311 e. The summed E-state index contributed by atoms with van der Waals surface area (Å²) in [4.78, 5) is 51.0. The fourth-order valence-electron chi connectivity index (χ4n) is 3.97. The molecule has 0 heterocycles. The largest absolute Gasteiger partial charge is 0.459 e. The monoisotopic (exact) mass is 558 g/mol. The molecule has 0 spiro atoms. The van der Waals surface area contributed by atoms with Gasteiger partial charge in [-0.15, -0.1) is 0 Å². The van der Waals surface area contributed by atoms with Crippen molar-refractivity contribution in [2.75, 3.05) is 75.3 Å². The summed E-state index contributed by atoms with van der Waals surface area (Å²) in [7, 11) is 12.2. The van der Waals surface area contributed by atoms with Gasteiger partial charge in [-0.1, -0.05) is 13.8 Å². The van der Waals surface area contributed by atoms with Crippen molar-refractivity contribution in [2.45, 2.75) is 67.2 Å². The molecule has 2 amide bonds. The predicted molar refractivity (Wildman–Crippen MR) is 153 cm³/mol. The molecular weight excluding hydrogens is 500 g/mol. The van der Waals surface area contributed by atoms with Gasteiger partial charge < -0.3 is 29.1 Å². The van der Waals surface area contributed by atoms with Crippen LogP contribution in [0.4, 0.5) is 0 Å². The van der Waals surface area contributed by atoms with Crippen molar-refractivity contribution in [3.8, 4) is 0 Å². The topological polar surface area (TPSA) is 111 Å². The van der Waals surface area contributed by atoms with E-state index in [2.05, 4.69) is 10.6 Å². The number of carbonyl (C=O) groups excluding carboxylic acids is 4. The minimum absolute atomic E-state index is 0.0204. The molecule has 10 nitrogen and oxygen atoms in total. The molecule has 0 rings (SSSR count).